The summed E-state index contributed by atoms with van der Waals surface area (Å²) in [6, 6.07) is 20.2. The summed E-state index contributed by atoms with van der Waals surface area (Å²) in [4.78, 5) is 13.2. The fraction of sp³-hybridized carbons (Fsp3) is 0.281. The van der Waals surface area contributed by atoms with E-state index in [4.69, 9.17) is 4.42 Å². The molecule has 0 saturated carbocycles. The first-order valence-electron chi connectivity index (χ1n) is 14.0. The Morgan fingerprint density at radius 3 is 2.40 bits per heavy atom. The van der Waals surface area contributed by atoms with Crippen LogP contribution in [0.4, 0.5) is 5.69 Å². The van der Waals surface area contributed by atoms with Gasteiger partial charge in [-0.3, -0.25) is 9.10 Å². The molecular formula is C32H35N3O6S2. The monoisotopic (exact) mass is 621 g/mol. The van der Waals surface area contributed by atoms with Crippen molar-refractivity contribution < 1.29 is 26.0 Å². The van der Waals surface area contributed by atoms with Gasteiger partial charge >= 0.3 is 0 Å². The van der Waals surface area contributed by atoms with Crippen molar-refractivity contribution >= 4 is 48.7 Å². The summed E-state index contributed by atoms with van der Waals surface area (Å²) in [5.41, 5.74) is 4.24. The number of fused-ring (bicyclic) bond motifs is 1. The van der Waals surface area contributed by atoms with Gasteiger partial charge in [-0.05, 0) is 49.0 Å². The van der Waals surface area contributed by atoms with E-state index in [9.17, 15) is 21.6 Å². The van der Waals surface area contributed by atoms with E-state index < -0.39 is 20.0 Å². The highest BCUT2D eigenvalue weighted by Crippen LogP contribution is 2.42. The molecule has 2 heterocycles. The second-order valence-electron chi connectivity index (χ2n) is 10.8. The van der Waals surface area contributed by atoms with Crippen LogP contribution in [-0.2, 0) is 20.0 Å². The lowest BCUT2D eigenvalue weighted by Crippen LogP contribution is -2.38. The van der Waals surface area contributed by atoms with Crippen LogP contribution >= 0.6 is 0 Å². The fourth-order valence-electron chi connectivity index (χ4n) is 5.43. The highest BCUT2D eigenvalue weighted by atomic mass is 32.2. The predicted molar refractivity (Wildman–Crippen MR) is 171 cm³/mol. The number of hydrogen-bond acceptors (Lipinski definition) is 6. The Hall–Kier alpha value is -3.93. The Balaban J connectivity index is 1.63. The van der Waals surface area contributed by atoms with Gasteiger partial charge in [-0.1, -0.05) is 60.2 Å². The summed E-state index contributed by atoms with van der Waals surface area (Å²) in [5.74, 6) is -0.297. The smallest absolute Gasteiger partial charge is 0.255 e. The van der Waals surface area contributed by atoms with E-state index in [0.717, 1.165) is 17.4 Å². The number of rotatable bonds is 8. The molecule has 226 valence electrons. The minimum absolute atomic E-state index is 0.162. The standard InChI is InChI=1S/C32H35N3O6S2/c1-22-12-14-24(15-13-22)31-30(32(36)33-2)27-19-26(28(20-29(27)41-31)34(3)42(4,37)38)25-11-8-17-35(21-25)43(39,40)18-16-23-9-6-5-7-10-23/h5-7,9-10,12-16,18-20,25H,8,11,17,21H2,1-4H3,(H,33,36)/b18-16+/t25-/m0/s1. The Kier molecular flexibility index (Phi) is 8.51. The lowest BCUT2D eigenvalue weighted by molar-refractivity contribution is 0.0964. The molecule has 1 aliphatic rings. The first kappa shape index (κ1) is 30.5. The summed E-state index contributed by atoms with van der Waals surface area (Å²) in [6.45, 7) is 2.48. The van der Waals surface area contributed by atoms with Gasteiger partial charge in [-0.2, -0.15) is 4.31 Å². The zero-order valence-corrected chi connectivity index (χ0v) is 26.2. The second kappa shape index (κ2) is 12.0. The van der Waals surface area contributed by atoms with Crippen LogP contribution < -0.4 is 9.62 Å². The van der Waals surface area contributed by atoms with E-state index in [-0.39, 0.29) is 18.4 Å². The van der Waals surface area contributed by atoms with Gasteiger partial charge < -0.3 is 9.73 Å². The molecule has 1 N–H and O–H groups in total. The number of carbonyl (C=O) groups is 1. The van der Waals surface area contributed by atoms with E-state index in [1.807, 2.05) is 61.5 Å². The molecule has 3 aromatic carbocycles. The quantitative estimate of drug-likeness (QED) is 0.284. The minimum Gasteiger partial charge on any atom is -0.455 e. The molecule has 11 heteroatoms. The van der Waals surface area contributed by atoms with Crippen LogP contribution in [0.2, 0.25) is 0 Å². The van der Waals surface area contributed by atoms with Gasteiger partial charge in [-0.25, -0.2) is 16.8 Å². The molecule has 1 aliphatic heterocycles. The number of hydrogen-bond donors (Lipinski definition) is 1. The van der Waals surface area contributed by atoms with Crippen LogP contribution in [0.25, 0.3) is 28.4 Å². The number of piperidine rings is 1. The number of aryl methyl sites for hydroxylation is 1. The number of amides is 1. The van der Waals surface area contributed by atoms with E-state index in [1.54, 1.807) is 25.3 Å². The highest BCUT2D eigenvalue weighted by Gasteiger charge is 2.33. The lowest BCUT2D eigenvalue weighted by Gasteiger charge is -2.33. The van der Waals surface area contributed by atoms with Gasteiger partial charge in [0.1, 0.15) is 11.3 Å². The lowest BCUT2D eigenvalue weighted by atomic mass is 9.89. The molecule has 1 aromatic heterocycles. The normalized spacial score (nSPS) is 16.5. The molecule has 0 aliphatic carbocycles. The molecule has 1 saturated heterocycles. The van der Waals surface area contributed by atoms with Gasteiger partial charge in [0, 0.05) is 49.6 Å². The zero-order chi connectivity index (χ0) is 30.9. The summed E-state index contributed by atoms with van der Waals surface area (Å²) < 4.78 is 61.1. The molecule has 0 unspecified atom stereocenters. The first-order chi connectivity index (χ1) is 20.4. The van der Waals surface area contributed by atoms with Gasteiger partial charge in [0.05, 0.1) is 17.5 Å². The summed E-state index contributed by atoms with van der Waals surface area (Å²) in [5, 5.41) is 4.44. The highest BCUT2D eigenvalue weighted by molar-refractivity contribution is 7.92. The first-order valence-corrected chi connectivity index (χ1v) is 17.3. The van der Waals surface area contributed by atoms with Gasteiger partial charge in [-0.15, -0.1) is 0 Å². The molecular weight excluding hydrogens is 587 g/mol. The van der Waals surface area contributed by atoms with Crippen LogP contribution in [0.1, 0.15) is 45.8 Å². The van der Waals surface area contributed by atoms with Crippen LogP contribution in [-0.4, -0.2) is 60.5 Å². The second-order valence-corrected chi connectivity index (χ2v) is 14.7. The Bertz CT molecular complexity index is 1900. The Labute approximate surface area is 252 Å². The molecule has 43 heavy (non-hydrogen) atoms. The number of benzene rings is 3. The van der Waals surface area contributed by atoms with E-state index >= 15 is 0 Å². The van der Waals surface area contributed by atoms with Crippen molar-refractivity contribution in [3.63, 3.8) is 0 Å². The maximum absolute atomic E-state index is 13.4. The van der Waals surface area contributed by atoms with Crippen LogP contribution in [0.15, 0.2) is 76.6 Å². The maximum Gasteiger partial charge on any atom is 0.255 e. The SMILES string of the molecule is CNC(=O)c1c(-c2ccc(C)cc2)oc2cc(N(C)S(C)(=O)=O)c([C@H]3CCCN(S(=O)(=O)/C=C/c4ccccc4)C3)cc12. The van der Waals surface area contributed by atoms with Crippen LogP contribution in [0.3, 0.4) is 0 Å². The summed E-state index contributed by atoms with van der Waals surface area (Å²) in [7, 11) is -4.42. The van der Waals surface area contributed by atoms with Crippen molar-refractivity contribution in [1.29, 1.82) is 0 Å². The van der Waals surface area contributed by atoms with Crippen molar-refractivity contribution in [2.75, 3.05) is 37.7 Å². The van der Waals surface area contributed by atoms with Crippen molar-refractivity contribution in [3.05, 3.63) is 94.4 Å². The van der Waals surface area contributed by atoms with Gasteiger partial charge in [0.25, 0.3) is 5.91 Å². The molecule has 1 fully saturated rings. The summed E-state index contributed by atoms with van der Waals surface area (Å²) >= 11 is 0. The fourth-order valence-corrected chi connectivity index (χ4v) is 7.22. The molecule has 0 bridgehead atoms. The number of anilines is 1. The molecule has 0 radical (unpaired) electrons. The number of nitrogens with one attached hydrogen (secondary N) is 1. The van der Waals surface area contributed by atoms with Gasteiger partial charge in [0.2, 0.25) is 20.0 Å². The Morgan fingerprint density at radius 2 is 1.74 bits per heavy atom. The van der Waals surface area contributed by atoms with E-state index in [2.05, 4.69) is 5.32 Å². The number of sulfonamides is 2. The third-order valence-corrected chi connectivity index (χ3v) is 10.6. The van der Waals surface area contributed by atoms with Crippen molar-refractivity contribution in [2.45, 2.75) is 25.7 Å². The molecule has 5 rings (SSSR count). The number of furan rings is 1. The minimum atomic E-state index is -3.75. The van der Waals surface area contributed by atoms with E-state index in [0.29, 0.717) is 58.5 Å². The average molecular weight is 622 g/mol. The van der Waals surface area contributed by atoms with Gasteiger partial charge in [0.15, 0.2) is 0 Å². The van der Waals surface area contributed by atoms with Crippen molar-refractivity contribution in [3.8, 4) is 11.3 Å². The molecule has 1 atom stereocenters. The topological polar surface area (TPSA) is 117 Å². The molecule has 9 nitrogen and oxygen atoms in total. The summed E-state index contributed by atoms with van der Waals surface area (Å²) in [6.07, 6.45) is 3.92. The molecule has 0 spiro atoms. The van der Waals surface area contributed by atoms with Crippen molar-refractivity contribution in [2.24, 2.45) is 0 Å². The van der Waals surface area contributed by atoms with Crippen molar-refractivity contribution in [1.82, 2.24) is 9.62 Å². The third-order valence-electron chi connectivity index (χ3n) is 7.86. The van der Waals surface area contributed by atoms with E-state index in [1.165, 1.54) is 21.1 Å². The van der Waals surface area contributed by atoms with Crippen LogP contribution in [0.5, 0.6) is 0 Å². The average Bonchev–Trinajstić information content (AvgIpc) is 3.37. The number of carbonyl (C=O) groups excluding carboxylic acids is 1. The molecule has 4 aromatic rings. The maximum atomic E-state index is 13.4. The largest absolute Gasteiger partial charge is 0.455 e. The molecule has 1 amide bonds. The Morgan fingerprint density at radius 1 is 1.05 bits per heavy atom. The predicted octanol–water partition coefficient (Wildman–Crippen LogP) is 5.34. The van der Waals surface area contributed by atoms with Crippen LogP contribution in [0, 0.1) is 6.92 Å². The zero-order valence-electron chi connectivity index (χ0n) is 24.6. The number of nitrogens with zero attached hydrogens (tertiary/aromatic N) is 2. The third kappa shape index (κ3) is 6.39.